The van der Waals surface area contributed by atoms with Crippen LogP contribution in [0.3, 0.4) is 0 Å². The summed E-state index contributed by atoms with van der Waals surface area (Å²) in [5, 5.41) is 7.19. The number of nitrogens with zero attached hydrogens (tertiary/aromatic N) is 4. The summed E-state index contributed by atoms with van der Waals surface area (Å²) in [7, 11) is 0. The first-order valence-electron chi connectivity index (χ1n) is 14.0. The molecule has 0 aliphatic heterocycles. The van der Waals surface area contributed by atoms with E-state index in [1.54, 1.807) is 0 Å². The fourth-order valence-corrected chi connectivity index (χ4v) is 7.13. The van der Waals surface area contributed by atoms with Gasteiger partial charge in [0.2, 0.25) is 0 Å². The lowest BCUT2D eigenvalue weighted by Gasteiger charge is -2.14. The highest BCUT2D eigenvalue weighted by Crippen LogP contribution is 2.41. The van der Waals surface area contributed by atoms with Crippen LogP contribution in [0.15, 0.2) is 134 Å². The molecule has 41 heavy (non-hydrogen) atoms. The summed E-state index contributed by atoms with van der Waals surface area (Å²) in [6.45, 7) is 0. The summed E-state index contributed by atoms with van der Waals surface area (Å²) < 4.78 is 7.38. The van der Waals surface area contributed by atoms with Gasteiger partial charge in [0, 0.05) is 33.1 Å². The highest BCUT2D eigenvalue weighted by Gasteiger charge is 2.23. The lowest BCUT2D eigenvalue weighted by molar-refractivity contribution is 1.16. The molecule has 0 saturated heterocycles. The molecule has 5 aromatic heterocycles. The van der Waals surface area contributed by atoms with Gasteiger partial charge in [-0.25, -0.2) is 0 Å². The van der Waals surface area contributed by atoms with E-state index in [1.807, 2.05) is 12.3 Å². The van der Waals surface area contributed by atoms with Crippen LogP contribution < -0.4 is 0 Å². The maximum atomic E-state index is 4.90. The summed E-state index contributed by atoms with van der Waals surface area (Å²) >= 11 is 0. The average Bonchev–Trinajstić information content (AvgIpc) is 3.70. The summed E-state index contributed by atoms with van der Waals surface area (Å²) in [4.78, 5) is 4.90. The van der Waals surface area contributed by atoms with Gasteiger partial charge < -0.3 is 4.57 Å². The Morgan fingerprint density at radius 3 is 2.02 bits per heavy atom. The Hall–Kier alpha value is -5.61. The van der Waals surface area contributed by atoms with Gasteiger partial charge in [0.1, 0.15) is 5.65 Å². The number of fused-ring (bicyclic) bond motifs is 15. The van der Waals surface area contributed by atoms with Crippen molar-refractivity contribution in [2.45, 2.75) is 0 Å². The van der Waals surface area contributed by atoms with Gasteiger partial charge in [0.25, 0.3) is 0 Å². The molecule has 10 rings (SSSR count). The smallest absolute Gasteiger partial charge is 0.123 e. The molecule has 0 aliphatic carbocycles. The fraction of sp³-hybridized carbons (Fsp3) is 0. The molecule has 10 aromatic rings. The van der Waals surface area contributed by atoms with Crippen LogP contribution in [0.2, 0.25) is 0 Å². The molecule has 0 aliphatic rings. The summed E-state index contributed by atoms with van der Waals surface area (Å²) in [6, 6.07) is 46.1. The van der Waals surface area contributed by atoms with Crippen molar-refractivity contribution in [3.63, 3.8) is 0 Å². The maximum Gasteiger partial charge on any atom is 0.123 e. The van der Waals surface area contributed by atoms with Crippen molar-refractivity contribution >= 4 is 76.6 Å². The second kappa shape index (κ2) is 7.52. The molecule has 0 fully saturated rings. The molecule has 0 N–H and O–H groups in total. The second-order valence-corrected chi connectivity index (χ2v) is 10.9. The largest absolute Gasteiger partial charge is 0.305 e. The zero-order valence-electron chi connectivity index (χ0n) is 22.0. The fourth-order valence-electron chi connectivity index (χ4n) is 7.13. The van der Waals surface area contributed by atoms with E-state index >= 15 is 0 Å². The van der Waals surface area contributed by atoms with Gasteiger partial charge in [-0.15, -0.1) is 0 Å². The van der Waals surface area contributed by atoms with Crippen molar-refractivity contribution < 1.29 is 0 Å². The van der Waals surface area contributed by atoms with Crippen LogP contribution >= 0.6 is 0 Å². The molecular weight excluding hydrogens is 500 g/mol. The van der Waals surface area contributed by atoms with Crippen LogP contribution in [-0.2, 0) is 0 Å². The van der Waals surface area contributed by atoms with Crippen molar-refractivity contribution in [1.82, 2.24) is 18.4 Å². The van der Waals surface area contributed by atoms with Crippen LogP contribution in [0, 0.1) is 0 Å². The van der Waals surface area contributed by atoms with E-state index in [1.165, 1.54) is 65.7 Å². The van der Waals surface area contributed by atoms with Crippen LogP contribution in [0.5, 0.6) is 0 Å². The van der Waals surface area contributed by atoms with E-state index in [9.17, 15) is 0 Å². The van der Waals surface area contributed by atoms with E-state index in [4.69, 9.17) is 4.98 Å². The maximum absolute atomic E-state index is 4.90. The van der Waals surface area contributed by atoms with Crippen LogP contribution in [0.4, 0.5) is 0 Å². The third kappa shape index (κ3) is 2.62. The van der Waals surface area contributed by atoms with Crippen LogP contribution in [0.25, 0.3) is 82.3 Å². The standard InChI is InChI=1S/C37H22N4/c1-4-14-28-25(9-1)21-32-37-36(41-29-15-5-2-10-26(29)22-33(41)39(28)32)27-13-3-6-16-30(27)40(37)31-17-7-11-23-18-19-24-12-8-20-38-35(24)34(23)31/h1-22H. The zero-order chi connectivity index (χ0) is 26.7. The number of aromatic nitrogens is 4. The molecule has 0 spiro atoms. The Morgan fingerprint density at radius 1 is 0.463 bits per heavy atom. The lowest BCUT2D eigenvalue weighted by atomic mass is 10.0. The number of pyridine rings is 1. The Labute approximate surface area is 233 Å². The lowest BCUT2D eigenvalue weighted by Crippen LogP contribution is -2.00. The average molecular weight is 523 g/mol. The first-order chi connectivity index (χ1) is 20.4. The number of para-hydroxylation sites is 3. The molecular formula is C37H22N4. The Morgan fingerprint density at radius 2 is 1.15 bits per heavy atom. The normalized spacial score (nSPS) is 12.4. The van der Waals surface area contributed by atoms with Crippen LogP contribution in [0.1, 0.15) is 0 Å². The molecule has 0 amide bonds. The molecule has 5 aromatic carbocycles. The quantitative estimate of drug-likeness (QED) is 0.197. The molecule has 0 saturated carbocycles. The van der Waals surface area contributed by atoms with Gasteiger partial charge >= 0.3 is 0 Å². The van der Waals surface area contributed by atoms with Gasteiger partial charge in [0.15, 0.2) is 0 Å². The van der Waals surface area contributed by atoms with Crippen molar-refractivity contribution in [2.24, 2.45) is 0 Å². The van der Waals surface area contributed by atoms with E-state index in [2.05, 4.69) is 135 Å². The van der Waals surface area contributed by atoms with E-state index in [0.717, 1.165) is 16.6 Å². The summed E-state index contributed by atoms with van der Waals surface area (Å²) in [5.41, 5.74) is 10.5. The number of hydrogen-bond acceptors (Lipinski definition) is 1. The minimum Gasteiger partial charge on any atom is -0.305 e. The Bertz CT molecular complexity index is 2700. The Balaban J connectivity index is 1.56. The minimum absolute atomic E-state index is 1.02. The predicted octanol–water partition coefficient (Wildman–Crippen LogP) is 9.30. The number of benzene rings is 5. The van der Waals surface area contributed by atoms with Gasteiger partial charge in [0.05, 0.1) is 44.3 Å². The van der Waals surface area contributed by atoms with Gasteiger partial charge in [-0.2, -0.15) is 0 Å². The van der Waals surface area contributed by atoms with Crippen LogP contribution in [-0.4, -0.2) is 18.4 Å². The monoisotopic (exact) mass is 522 g/mol. The highest BCUT2D eigenvalue weighted by molar-refractivity contribution is 6.19. The van der Waals surface area contributed by atoms with Crippen molar-refractivity contribution in [2.75, 3.05) is 0 Å². The molecule has 0 bridgehead atoms. The van der Waals surface area contributed by atoms with Gasteiger partial charge in [-0.05, 0) is 47.9 Å². The number of rotatable bonds is 1. The van der Waals surface area contributed by atoms with Crippen molar-refractivity contribution in [1.29, 1.82) is 0 Å². The highest BCUT2D eigenvalue weighted by atomic mass is 15.1. The second-order valence-electron chi connectivity index (χ2n) is 10.9. The molecule has 4 heteroatoms. The van der Waals surface area contributed by atoms with Gasteiger partial charge in [-0.1, -0.05) is 84.9 Å². The molecule has 5 heterocycles. The molecule has 190 valence electrons. The predicted molar refractivity (Wildman–Crippen MR) is 171 cm³/mol. The third-order valence-electron chi connectivity index (χ3n) is 8.78. The topological polar surface area (TPSA) is 26.6 Å². The minimum atomic E-state index is 1.02. The van der Waals surface area contributed by atoms with Crippen molar-refractivity contribution in [3.05, 3.63) is 134 Å². The van der Waals surface area contributed by atoms with E-state index in [0.29, 0.717) is 0 Å². The first kappa shape index (κ1) is 21.2. The molecule has 0 unspecified atom stereocenters. The first-order valence-corrected chi connectivity index (χ1v) is 14.0. The summed E-state index contributed by atoms with van der Waals surface area (Å²) in [5.74, 6) is 0. The van der Waals surface area contributed by atoms with E-state index in [-0.39, 0.29) is 0 Å². The Kier molecular flexibility index (Phi) is 3.90. The van der Waals surface area contributed by atoms with E-state index < -0.39 is 0 Å². The SMILES string of the molecule is c1cnc2c(c1)ccc1cccc(-n3c4ccccc4c4c3c3cc5ccccc5n3c3cc5ccccc5n43)c12. The zero-order valence-corrected chi connectivity index (χ0v) is 22.0. The third-order valence-corrected chi connectivity index (χ3v) is 8.78. The summed E-state index contributed by atoms with van der Waals surface area (Å²) in [6.07, 6.45) is 1.90. The number of hydrogen-bond donors (Lipinski definition) is 0. The molecule has 4 nitrogen and oxygen atoms in total. The van der Waals surface area contributed by atoms with Gasteiger partial charge in [-0.3, -0.25) is 13.8 Å². The molecule has 0 atom stereocenters. The molecule has 0 radical (unpaired) electrons. The van der Waals surface area contributed by atoms with Crippen molar-refractivity contribution in [3.8, 4) is 5.69 Å².